The number of likely N-dealkylation sites (N-methyl/N-ethyl adjacent to an activating group) is 2. The van der Waals surface area contributed by atoms with Crippen LogP contribution in [0.25, 0.3) is 0 Å². The number of anilines is 1. The summed E-state index contributed by atoms with van der Waals surface area (Å²) in [4.78, 5) is 6.43. The molecule has 0 unspecified atom stereocenters. The lowest BCUT2D eigenvalue weighted by molar-refractivity contribution is 0.0842. The fraction of sp³-hybridized carbons (Fsp3) is 0.722. The highest BCUT2D eigenvalue weighted by Gasteiger charge is 2.21. The van der Waals surface area contributed by atoms with Gasteiger partial charge >= 0.3 is 0 Å². The van der Waals surface area contributed by atoms with Crippen molar-refractivity contribution >= 4 is 5.82 Å². The molecule has 0 aromatic carbocycles. The second-order valence-electron chi connectivity index (χ2n) is 6.78. The van der Waals surface area contributed by atoms with Crippen LogP contribution >= 0.6 is 0 Å². The highest BCUT2D eigenvalue weighted by atomic mass is 16.3. The molecule has 1 aliphatic heterocycles. The molecule has 1 N–H and O–H groups in total. The highest BCUT2D eigenvalue weighted by Crippen LogP contribution is 2.22. The van der Waals surface area contributed by atoms with Crippen LogP contribution in [0.3, 0.4) is 0 Å². The number of nitrogens with zero attached hydrogens (tertiary/aromatic N) is 6. The number of aromatic nitrogens is 2. The summed E-state index contributed by atoms with van der Waals surface area (Å²) in [5, 5.41) is 28.6. The van der Waals surface area contributed by atoms with Gasteiger partial charge in [-0.1, -0.05) is 13.8 Å². The molecule has 2 heterocycles. The van der Waals surface area contributed by atoms with E-state index in [1.807, 2.05) is 25.8 Å². The van der Waals surface area contributed by atoms with Crippen LogP contribution in [-0.4, -0.2) is 84.6 Å². The van der Waals surface area contributed by atoms with Crippen LogP contribution in [0.4, 0.5) is 5.82 Å². The summed E-state index contributed by atoms with van der Waals surface area (Å²) in [6.45, 7) is 9.15. The molecule has 0 saturated carbocycles. The van der Waals surface area contributed by atoms with Crippen molar-refractivity contribution in [3.05, 3.63) is 16.8 Å². The molecule has 1 fully saturated rings. The zero-order valence-corrected chi connectivity index (χ0v) is 15.9. The maximum absolute atomic E-state index is 10.5. The summed E-state index contributed by atoms with van der Waals surface area (Å²) in [6.07, 6.45) is 1.03. The van der Waals surface area contributed by atoms with E-state index >= 15 is 0 Å². The zero-order valence-electron chi connectivity index (χ0n) is 15.9. The van der Waals surface area contributed by atoms with E-state index in [0.717, 1.165) is 50.3 Å². The molecule has 0 bridgehead atoms. The fourth-order valence-corrected chi connectivity index (χ4v) is 3.34. The van der Waals surface area contributed by atoms with E-state index in [1.165, 1.54) is 0 Å². The molecule has 1 saturated heterocycles. The van der Waals surface area contributed by atoms with Crippen LogP contribution in [0.2, 0.25) is 0 Å². The summed E-state index contributed by atoms with van der Waals surface area (Å²) >= 11 is 0. The van der Waals surface area contributed by atoms with Crippen LogP contribution in [0.15, 0.2) is 0 Å². The predicted molar refractivity (Wildman–Crippen MR) is 98.7 cm³/mol. The number of β-amino-alcohol motifs (C(OH)–C–C–N with tert-alkyl or cyclic N) is 1. The molecule has 25 heavy (non-hydrogen) atoms. The first-order chi connectivity index (χ1) is 12.0. The van der Waals surface area contributed by atoms with Gasteiger partial charge in [0.05, 0.1) is 11.8 Å². The minimum absolute atomic E-state index is 0.435. The zero-order chi connectivity index (χ0) is 18.4. The third-order valence-corrected chi connectivity index (χ3v) is 4.85. The molecule has 1 aromatic rings. The Kier molecular flexibility index (Phi) is 7.12. The number of nitriles is 1. The van der Waals surface area contributed by atoms with Crippen LogP contribution in [-0.2, 0) is 12.8 Å². The minimum atomic E-state index is -0.488. The van der Waals surface area contributed by atoms with Gasteiger partial charge in [-0.2, -0.15) is 10.4 Å². The van der Waals surface area contributed by atoms with Crippen molar-refractivity contribution < 1.29 is 5.11 Å². The summed E-state index contributed by atoms with van der Waals surface area (Å²) < 4.78 is 0. The Hall–Kier alpha value is -1.75. The third kappa shape index (κ3) is 4.88. The quantitative estimate of drug-likeness (QED) is 0.771. The van der Waals surface area contributed by atoms with E-state index in [0.29, 0.717) is 24.5 Å². The number of rotatable bonds is 7. The SMILES string of the molecule is CCc1nnc(N(C)C[C@@H](O)CN2CCN(C)CC2)c(C#N)c1CC. The molecule has 138 valence electrons. The Morgan fingerprint density at radius 2 is 1.88 bits per heavy atom. The number of aryl methyl sites for hydroxylation is 1. The molecule has 0 radical (unpaired) electrons. The van der Waals surface area contributed by atoms with Crippen molar-refractivity contribution in [1.29, 1.82) is 5.26 Å². The second kappa shape index (κ2) is 9.09. The van der Waals surface area contributed by atoms with Crippen molar-refractivity contribution in [2.24, 2.45) is 0 Å². The molecule has 7 heteroatoms. The lowest BCUT2D eigenvalue weighted by Gasteiger charge is -2.34. The average Bonchev–Trinajstić information content (AvgIpc) is 2.61. The van der Waals surface area contributed by atoms with Crippen LogP contribution in [0, 0.1) is 11.3 Å². The largest absolute Gasteiger partial charge is 0.390 e. The molecule has 0 amide bonds. The first-order valence-electron chi connectivity index (χ1n) is 9.08. The van der Waals surface area contributed by atoms with Gasteiger partial charge < -0.3 is 14.9 Å². The first-order valence-corrected chi connectivity index (χ1v) is 9.08. The van der Waals surface area contributed by atoms with Gasteiger partial charge in [-0.3, -0.25) is 4.90 Å². The number of hydrogen-bond acceptors (Lipinski definition) is 7. The molecule has 2 rings (SSSR count). The van der Waals surface area contributed by atoms with Crippen molar-refractivity contribution in [3.63, 3.8) is 0 Å². The maximum Gasteiger partial charge on any atom is 0.169 e. The normalized spacial score (nSPS) is 17.3. The van der Waals surface area contributed by atoms with Gasteiger partial charge in [0, 0.05) is 46.3 Å². The Balaban J connectivity index is 2.05. The van der Waals surface area contributed by atoms with E-state index in [-0.39, 0.29) is 0 Å². The summed E-state index contributed by atoms with van der Waals surface area (Å²) in [5.41, 5.74) is 2.44. The van der Waals surface area contributed by atoms with E-state index < -0.39 is 6.10 Å². The van der Waals surface area contributed by atoms with E-state index in [2.05, 4.69) is 33.1 Å². The fourth-order valence-electron chi connectivity index (χ4n) is 3.34. The Bertz CT molecular complexity index is 606. The number of aliphatic hydroxyl groups excluding tert-OH is 1. The molecule has 0 spiro atoms. The van der Waals surface area contributed by atoms with E-state index in [1.54, 1.807) is 0 Å². The van der Waals surface area contributed by atoms with Crippen molar-refractivity contribution in [1.82, 2.24) is 20.0 Å². The van der Waals surface area contributed by atoms with Gasteiger partial charge in [-0.25, -0.2) is 0 Å². The topological polar surface area (TPSA) is 79.5 Å². The van der Waals surface area contributed by atoms with Crippen molar-refractivity contribution in [3.8, 4) is 6.07 Å². The lowest BCUT2D eigenvalue weighted by atomic mass is 10.0. The number of piperazine rings is 1. The standard InChI is InChI=1S/C18H30N6O/c1-5-15-16(11-19)18(21-20-17(15)6-2)23(4)12-14(25)13-24-9-7-22(3)8-10-24/h14,25H,5-10,12-13H2,1-4H3/t14-/m1/s1. The molecular weight excluding hydrogens is 316 g/mol. The van der Waals surface area contributed by atoms with Gasteiger partial charge in [0.15, 0.2) is 5.82 Å². The van der Waals surface area contributed by atoms with Gasteiger partial charge in [0.1, 0.15) is 11.6 Å². The van der Waals surface area contributed by atoms with Gasteiger partial charge in [-0.15, -0.1) is 5.10 Å². The summed E-state index contributed by atoms with van der Waals surface area (Å²) in [7, 11) is 3.98. The maximum atomic E-state index is 10.5. The Labute approximate surface area is 150 Å². The number of aliphatic hydroxyl groups is 1. The first kappa shape index (κ1) is 19.6. The monoisotopic (exact) mass is 346 g/mol. The van der Waals surface area contributed by atoms with Crippen LogP contribution in [0.5, 0.6) is 0 Å². The average molecular weight is 346 g/mol. The van der Waals surface area contributed by atoms with Crippen molar-refractivity contribution in [2.75, 3.05) is 58.3 Å². The minimum Gasteiger partial charge on any atom is -0.390 e. The second-order valence-corrected chi connectivity index (χ2v) is 6.78. The molecule has 0 aliphatic carbocycles. The molecule has 1 aliphatic rings. The summed E-state index contributed by atoms with van der Waals surface area (Å²) in [5.74, 6) is 0.564. The van der Waals surface area contributed by atoms with E-state index in [9.17, 15) is 10.4 Å². The van der Waals surface area contributed by atoms with Gasteiger partial charge in [0.25, 0.3) is 0 Å². The number of hydrogen-bond donors (Lipinski definition) is 1. The summed E-state index contributed by atoms with van der Waals surface area (Å²) in [6, 6.07) is 2.29. The third-order valence-electron chi connectivity index (χ3n) is 4.85. The van der Waals surface area contributed by atoms with Gasteiger partial charge in [-0.05, 0) is 25.5 Å². The van der Waals surface area contributed by atoms with Gasteiger partial charge in [0.2, 0.25) is 0 Å². The Morgan fingerprint density at radius 1 is 1.20 bits per heavy atom. The van der Waals surface area contributed by atoms with Crippen molar-refractivity contribution in [2.45, 2.75) is 32.8 Å². The highest BCUT2D eigenvalue weighted by molar-refractivity contribution is 5.57. The lowest BCUT2D eigenvalue weighted by Crippen LogP contribution is -2.48. The smallest absolute Gasteiger partial charge is 0.169 e. The molecule has 1 aromatic heterocycles. The molecular formula is C18H30N6O. The molecule has 1 atom stereocenters. The predicted octanol–water partition coefficient (Wildman–Crippen LogP) is 0.518. The van der Waals surface area contributed by atoms with E-state index in [4.69, 9.17) is 0 Å². The molecule has 7 nitrogen and oxygen atoms in total. The Morgan fingerprint density at radius 3 is 2.44 bits per heavy atom. The van der Waals surface area contributed by atoms with Crippen LogP contribution in [0.1, 0.15) is 30.7 Å². The van der Waals surface area contributed by atoms with Crippen LogP contribution < -0.4 is 4.90 Å².